The van der Waals surface area contributed by atoms with E-state index in [2.05, 4.69) is 80.4 Å². The molecule has 0 spiro atoms. The van der Waals surface area contributed by atoms with E-state index in [1.807, 2.05) is 12.1 Å². The highest BCUT2D eigenvalue weighted by molar-refractivity contribution is 5.52. The maximum atomic E-state index is 6.02. The second kappa shape index (κ2) is 10.4. The third-order valence-electron chi connectivity index (χ3n) is 6.39. The van der Waals surface area contributed by atoms with Crippen LogP contribution in [0.3, 0.4) is 0 Å². The first-order valence-corrected chi connectivity index (χ1v) is 11.3. The smallest absolute Gasteiger partial charge is 0.247 e. The number of benzene rings is 1. The Morgan fingerprint density at radius 1 is 1.13 bits per heavy atom. The summed E-state index contributed by atoms with van der Waals surface area (Å²) >= 11 is 0. The van der Waals surface area contributed by atoms with E-state index >= 15 is 0 Å². The van der Waals surface area contributed by atoms with Gasteiger partial charge in [-0.15, -0.1) is 10.2 Å². The van der Waals surface area contributed by atoms with Crippen molar-refractivity contribution in [2.75, 3.05) is 33.7 Å². The number of nitrogens with one attached hydrogen (secondary N) is 1. The Hall–Kier alpha value is -1.98. The van der Waals surface area contributed by atoms with Crippen LogP contribution in [0.5, 0.6) is 0 Å². The Bertz CT molecular complexity index is 822. The zero-order valence-electron chi connectivity index (χ0n) is 19.5. The standard InChI is InChI=1S/C25H38N4O/c1-17(2)23-14-21(19(4)13-22(23)16-26-11-12-29(5)6)15-24-27-28-25(30-24)20-9-7-18(3)8-10-20/h7-10,13,17,21-23,26H,11-12,14-16H2,1-6H3/t21-,22+,23+/m1/s1. The van der Waals surface area contributed by atoms with Crippen molar-refractivity contribution < 1.29 is 4.42 Å². The predicted octanol–water partition coefficient (Wildman–Crippen LogP) is 4.59. The Morgan fingerprint density at radius 3 is 2.53 bits per heavy atom. The monoisotopic (exact) mass is 410 g/mol. The maximum absolute atomic E-state index is 6.02. The van der Waals surface area contributed by atoms with Crippen LogP contribution in [0.15, 0.2) is 40.3 Å². The summed E-state index contributed by atoms with van der Waals surface area (Å²) in [6, 6.07) is 8.24. The molecule has 0 amide bonds. The van der Waals surface area contributed by atoms with Crippen LogP contribution in [0.25, 0.3) is 11.5 Å². The van der Waals surface area contributed by atoms with Crippen LogP contribution in [0.2, 0.25) is 0 Å². The number of allylic oxidation sites excluding steroid dienone is 1. The molecule has 1 aromatic heterocycles. The first-order chi connectivity index (χ1) is 14.3. The van der Waals surface area contributed by atoms with Crippen LogP contribution < -0.4 is 5.32 Å². The summed E-state index contributed by atoms with van der Waals surface area (Å²) in [5.41, 5.74) is 3.67. The number of aryl methyl sites for hydroxylation is 1. The molecule has 0 unspecified atom stereocenters. The minimum Gasteiger partial charge on any atom is -0.421 e. The van der Waals surface area contributed by atoms with Gasteiger partial charge in [-0.1, -0.05) is 43.2 Å². The summed E-state index contributed by atoms with van der Waals surface area (Å²) < 4.78 is 6.02. The number of aromatic nitrogens is 2. The van der Waals surface area contributed by atoms with Gasteiger partial charge in [-0.3, -0.25) is 0 Å². The van der Waals surface area contributed by atoms with Crippen molar-refractivity contribution in [1.82, 2.24) is 20.4 Å². The van der Waals surface area contributed by atoms with E-state index in [1.165, 1.54) is 17.6 Å². The molecule has 0 radical (unpaired) electrons. The molecular formula is C25H38N4O. The van der Waals surface area contributed by atoms with Crippen molar-refractivity contribution in [3.8, 4) is 11.5 Å². The van der Waals surface area contributed by atoms with Crippen molar-refractivity contribution in [2.45, 2.75) is 40.5 Å². The van der Waals surface area contributed by atoms with Gasteiger partial charge in [-0.2, -0.15) is 0 Å². The molecule has 1 heterocycles. The number of hydrogen-bond acceptors (Lipinski definition) is 5. The third-order valence-corrected chi connectivity index (χ3v) is 6.39. The highest BCUT2D eigenvalue weighted by atomic mass is 16.4. The van der Waals surface area contributed by atoms with Crippen molar-refractivity contribution in [2.24, 2.45) is 23.7 Å². The Labute approximate surface area is 182 Å². The molecule has 0 aliphatic heterocycles. The molecule has 1 N–H and O–H groups in total. The largest absolute Gasteiger partial charge is 0.421 e. The molecule has 0 fully saturated rings. The van der Waals surface area contributed by atoms with Crippen molar-refractivity contribution in [3.63, 3.8) is 0 Å². The van der Waals surface area contributed by atoms with E-state index in [1.54, 1.807) is 0 Å². The van der Waals surface area contributed by atoms with E-state index in [0.29, 0.717) is 29.6 Å². The lowest BCUT2D eigenvalue weighted by Gasteiger charge is -2.37. The second-order valence-electron chi connectivity index (χ2n) is 9.49. The summed E-state index contributed by atoms with van der Waals surface area (Å²) in [5.74, 6) is 3.75. The van der Waals surface area contributed by atoms with Gasteiger partial charge in [0.1, 0.15) is 0 Å². The molecule has 0 bridgehead atoms. The third kappa shape index (κ3) is 6.02. The van der Waals surface area contributed by atoms with Crippen LogP contribution in [0.4, 0.5) is 0 Å². The van der Waals surface area contributed by atoms with Gasteiger partial charge in [0.25, 0.3) is 0 Å². The van der Waals surface area contributed by atoms with Crippen molar-refractivity contribution in [3.05, 3.63) is 47.4 Å². The van der Waals surface area contributed by atoms with E-state index in [4.69, 9.17) is 4.42 Å². The quantitative estimate of drug-likeness (QED) is 0.484. The van der Waals surface area contributed by atoms with Gasteiger partial charge < -0.3 is 14.6 Å². The molecule has 0 saturated heterocycles. The molecule has 3 rings (SSSR count). The number of hydrogen-bond donors (Lipinski definition) is 1. The van der Waals surface area contributed by atoms with Gasteiger partial charge in [0.05, 0.1) is 0 Å². The predicted molar refractivity (Wildman–Crippen MR) is 123 cm³/mol. The molecule has 5 heteroatoms. The van der Waals surface area contributed by atoms with Crippen LogP contribution in [0, 0.1) is 30.6 Å². The summed E-state index contributed by atoms with van der Waals surface area (Å²) in [4.78, 5) is 2.22. The molecular weight excluding hydrogens is 372 g/mol. The molecule has 164 valence electrons. The number of rotatable bonds is 9. The average molecular weight is 411 g/mol. The molecule has 30 heavy (non-hydrogen) atoms. The lowest BCUT2D eigenvalue weighted by molar-refractivity contribution is 0.217. The highest BCUT2D eigenvalue weighted by Crippen LogP contribution is 2.38. The van der Waals surface area contributed by atoms with Crippen molar-refractivity contribution in [1.29, 1.82) is 0 Å². The van der Waals surface area contributed by atoms with Crippen LogP contribution in [-0.2, 0) is 6.42 Å². The summed E-state index contributed by atoms with van der Waals surface area (Å²) in [5, 5.41) is 12.3. The molecule has 1 aliphatic carbocycles. The normalized spacial score (nSPS) is 22.0. The zero-order chi connectivity index (χ0) is 21.7. The minimum absolute atomic E-state index is 0.474. The van der Waals surface area contributed by atoms with Crippen LogP contribution >= 0.6 is 0 Å². The van der Waals surface area contributed by atoms with E-state index in [9.17, 15) is 0 Å². The van der Waals surface area contributed by atoms with Gasteiger partial charge >= 0.3 is 0 Å². The molecule has 2 aromatic rings. The second-order valence-corrected chi connectivity index (χ2v) is 9.49. The fourth-order valence-corrected chi connectivity index (χ4v) is 4.44. The SMILES string of the molecule is CC1=C[C@@H](CNCCN(C)C)[C@H](C(C)C)C[C@@H]1Cc1nnc(-c2ccc(C)cc2)o1. The summed E-state index contributed by atoms with van der Waals surface area (Å²) in [6.45, 7) is 12.2. The molecule has 0 saturated carbocycles. The summed E-state index contributed by atoms with van der Waals surface area (Å²) in [6.07, 6.45) is 4.51. The first kappa shape index (κ1) is 22.7. The average Bonchev–Trinajstić information content (AvgIpc) is 3.15. The van der Waals surface area contributed by atoms with E-state index in [0.717, 1.165) is 37.5 Å². The summed E-state index contributed by atoms with van der Waals surface area (Å²) in [7, 11) is 4.24. The van der Waals surface area contributed by atoms with E-state index < -0.39 is 0 Å². The molecule has 3 atom stereocenters. The molecule has 1 aromatic carbocycles. The first-order valence-electron chi connectivity index (χ1n) is 11.3. The zero-order valence-corrected chi connectivity index (χ0v) is 19.5. The van der Waals surface area contributed by atoms with Crippen molar-refractivity contribution >= 4 is 0 Å². The fraction of sp³-hybridized carbons (Fsp3) is 0.600. The van der Waals surface area contributed by atoms with Gasteiger partial charge in [0.15, 0.2) is 0 Å². The Balaban J connectivity index is 1.65. The van der Waals surface area contributed by atoms with Crippen LogP contribution in [0.1, 0.15) is 38.6 Å². The van der Waals surface area contributed by atoms with Gasteiger partial charge in [-0.05, 0) is 70.2 Å². The minimum atomic E-state index is 0.474. The number of likely N-dealkylation sites (N-methyl/N-ethyl adjacent to an activating group) is 1. The van der Waals surface area contributed by atoms with Crippen LogP contribution in [-0.4, -0.2) is 48.8 Å². The van der Waals surface area contributed by atoms with Gasteiger partial charge in [0.2, 0.25) is 11.8 Å². The number of nitrogens with zero attached hydrogens (tertiary/aromatic N) is 3. The van der Waals surface area contributed by atoms with Gasteiger partial charge in [-0.25, -0.2) is 0 Å². The molecule has 5 nitrogen and oxygen atoms in total. The highest BCUT2D eigenvalue weighted by Gasteiger charge is 2.32. The fourth-order valence-electron chi connectivity index (χ4n) is 4.44. The Kier molecular flexibility index (Phi) is 7.84. The van der Waals surface area contributed by atoms with E-state index in [-0.39, 0.29) is 0 Å². The van der Waals surface area contributed by atoms with Gasteiger partial charge in [0, 0.05) is 31.6 Å². The lowest BCUT2D eigenvalue weighted by atomic mass is 9.70. The topological polar surface area (TPSA) is 54.2 Å². The lowest BCUT2D eigenvalue weighted by Crippen LogP contribution is -2.37. The molecule has 1 aliphatic rings. The Morgan fingerprint density at radius 2 is 1.87 bits per heavy atom. The maximum Gasteiger partial charge on any atom is 0.247 e.